The monoisotopic (exact) mass is 701 g/mol. The van der Waals surface area contributed by atoms with Gasteiger partial charge in [0.15, 0.2) is 0 Å². The summed E-state index contributed by atoms with van der Waals surface area (Å²) in [6, 6.07) is 71.8. The third-order valence-corrected chi connectivity index (χ3v) is 12.3. The van der Waals surface area contributed by atoms with Gasteiger partial charge in [0.25, 0.3) is 0 Å². The summed E-state index contributed by atoms with van der Waals surface area (Å²) in [6.45, 7) is 2.43. The van der Waals surface area contributed by atoms with E-state index >= 15 is 0 Å². The van der Waals surface area contributed by atoms with Crippen LogP contribution in [0.4, 0.5) is 11.4 Å². The quantitative estimate of drug-likeness (QED) is 0.173. The van der Waals surface area contributed by atoms with Crippen molar-refractivity contribution in [1.82, 2.24) is 0 Å². The van der Waals surface area contributed by atoms with Gasteiger partial charge in [-0.05, 0) is 120 Å². The molecule has 3 aliphatic carbocycles. The fourth-order valence-electron chi connectivity index (χ4n) is 9.91. The molecule has 260 valence electrons. The highest BCUT2D eigenvalue weighted by Gasteiger charge is 2.53. The molecular formula is C54H39N. The molecule has 0 radical (unpaired) electrons. The Labute approximate surface area is 323 Å². The van der Waals surface area contributed by atoms with Crippen LogP contribution < -0.4 is 4.90 Å². The first-order valence-corrected chi connectivity index (χ1v) is 19.5. The number of nitrogens with zero attached hydrogens (tertiary/aromatic N) is 1. The van der Waals surface area contributed by atoms with Gasteiger partial charge in [0, 0.05) is 23.0 Å². The molecule has 55 heavy (non-hydrogen) atoms. The zero-order valence-corrected chi connectivity index (χ0v) is 30.8. The molecule has 0 bridgehead atoms. The number of benzene rings is 8. The second kappa shape index (κ2) is 12.4. The highest BCUT2D eigenvalue weighted by atomic mass is 15.2. The molecule has 1 heteroatoms. The SMILES string of the molecule is CC1CC2=C(C=C1N(c1ccc(-c3ccccc3)cc1)c1cccc(-c3ccc4ccccc4c3)c1)c1ccccc1C21c2ccccc2-c2ccccc21. The highest BCUT2D eigenvalue weighted by Crippen LogP contribution is 2.64. The molecule has 0 saturated heterocycles. The minimum Gasteiger partial charge on any atom is -0.314 e. The van der Waals surface area contributed by atoms with Crippen molar-refractivity contribution in [2.75, 3.05) is 4.90 Å². The molecule has 8 aromatic carbocycles. The van der Waals surface area contributed by atoms with Gasteiger partial charge in [0.2, 0.25) is 0 Å². The smallest absolute Gasteiger partial charge is 0.0688 e. The summed E-state index contributed by atoms with van der Waals surface area (Å²) >= 11 is 0. The Morgan fingerprint density at radius 3 is 1.71 bits per heavy atom. The van der Waals surface area contributed by atoms with Crippen molar-refractivity contribution < 1.29 is 0 Å². The molecule has 11 rings (SSSR count). The molecule has 0 N–H and O–H groups in total. The molecule has 0 saturated carbocycles. The number of rotatable bonds is 5. The first-order chi connectivity index (χ1) is 27.2. The van der Waals surface area contributed by atoms with Crippen LogP contribution in [0.15, 0.2) is 211 Å². The number of hydrogen-bond acceptors (Lipinski definition) is 1. The van der Waals surface area contributed by atoms with Crippen LogP contribution in [0.3, 0.4) is 0 Å². The van der Waals surface area contributed by atoms with Crippen molar-refractivity contribution in [3.05, 3.63) is 234 Å². The van der Waals surface area contributed by atoms with Crippen molar-refractivity contribution in [2.45, 2.75) is 18.8 Å². The van der Waals surface area contributed by atoms with E-state index in [9.17, 15) is 0 Å². The minimum atomic E-state index is -0.298. The summed E-state index contributed by atoms with van der Waals surface area (Å²) in [5.74, 6) is 0.253. The molecule has 1 unspecified atom stereocenters. The lowest BCUT2D eigenvalue weighted by Crippen LogP contribution is -2.31. The Hall–Kier alpha value is -6.70. The summed E-state index contributed by atoms with van der Waals surface area (Å²) in [6.07, 6.45) is 3.50. The summed E-state index contributed by atoms with van der Waals surface area (Å²) in [5, 5.41) is 2.51. The van der Waals surface area contributed by atoms with Crippen LogP contribution in [0.5, 0.6) is 0 Å². The largest absolute Gasteiger partial charge is 0.314 e. The fourth-order valence-corrected chi connectivity index (χ4v) is 9.91. The Morgan fingerprint density at radius 1 is 0.436 bits per heavy atom. The van der Waals surface area contributed by atoms with Gasteiger partial charge in [0.05, 0.1) is 5.41 Å². The predicted molar refractivity (Wildman–Crippen MR) is 230 cm³/mol. The van der Waals surface area contributed by atoms with E-state index in [0.29, 0.717) is 0 Å². The van der Waals surface area contributed by atoms with E-state index in [-0.39, 0.29) is 11.3 Å². The van der Waals surface area contributed by atoms with Crippen LogP contribution in [0.1, 0.15) is 35.6 Å². The van der Waals surface area contributed by atoms with Crippen LogP contribution in [0, 0.1) is 5.92 Å². The maximum Gasteiger partial charge on any atom is 0.0688 e. The van der Waals surface area contributed by atoms with Crippen LogP contribution in [0.25, 0.3) is 49.7 Å². The molecular weight excluding hydrogens is 663 g/mol. The molecule has 1 spiro atoms. The fraction of sp³-hybridized carbons (Fsp3) is 0.0741. The first kappa shape index (κ1) is 31.8. The maximum absolute atomic E-state index is 2.54. The molecule has 0 amide bonds. The second-order valence-electron chi connectivity index (χ2n) is 15.3. The number of fused-ring (bicyclic) bond motifs is 10. The number of hydrogen-bond donors (Lipinski definition) is 0. The molecule has 0 aromatic heterocycles. The number of anilines is 2. The van der Waals surface area contributed by atoms with Gasteiger partial charge in [-0.25, -0.2) is 0 Å². The minimum absolute atomic E-state index is 0.253. The third-order valence-electron chi connectivity index (χ3n) is 12.3. The average Bonchev–Trinajstić information content (AvgIpc) is 3.71. The molecule has 1 nitrogen and oxygen atoms in total. The van der Waals surface area contributed by atoms with Crippen LogP contribution >= 0.6 is 0 Å². The molecule has 0 fully saturated rings. The van der Waals surface area contributed by atoms with Gasteiger partial charge < -0.3 is 4.90 Å². The Balaban J connectivity index is 1.11. The zero-order valence-electron chi connectivity index (χ0n) is 30.8. The summed E-state index contributed by atoms with van der Waals surface area (Å²) in [7, 11) is 0. The lowest BCUT2D eigenvalue weighted by Gasteiger charge is -2.38. The van der Waals surface area contributed by atoms with Crippen molar-refractivity contribution in [3.8, 4) is 33.4 Å². The molecule has 0 heterocycles. The second-order valence-corrected chi connectivity index (χ2v) is 15.3. The summed E-state index contributed by atoms with van der Waals surface area (Å²) in [4.78, 5) is 2.53. The predicted octanol–water partition coefficient (Wildman–Crippen LogP) is 14.0. The van der Waals surface area contributed by atoms with E-state index in [1.165, 1.54) is 83.3 Å². The van der Waals surface area contributed by atoms with Crippen LogP contribution in [-0.2, 0) is 5.41 Å². The topological polar surface area (TPSA) is 3.24 Å². The van der Waals surface area contributed by atoms with Crippen molar-refractivity contribution in [1.29, 1.82) is 0 Å². The normalized spacial score (nSPS) is 16.0. The van der Waals surface area contributed by atoms with Crippen LogP contribution in [-0.4, -0.2) is 0 Å². The van der Waals surface area contributed by atoms with Gasteiger partial charge in [-0.1, -0.05) is 171 Å². The third kappa shape index (κ3) is 4.79. The van der Waals surface area contributed by atoms with E-state index in [2.05, 4.69) is 212 Å². The lowest BCUT2D eigenvalue weighted by molar-refractivity contribution is 0.597. The van der Waals surface area contributed by atoms with Crippen LogP contribution in [0.2, 0.25) is 0 Å². The molecule has 8 aromatic rings. The number of allylic oxidation sites excluding steroid dienone is 4. The van der Waals surface area contributed by atoms with Crippen molar-refractivity contribution in [3.63, 3.8) is 0 Å². The first-order valence-electron chi connectivity index (χ1n) is 19.5. The average molecular weight is 702 g/mol. The standard InChI is InChI=1S/C54H39N/c1-36-32-52-48(47-22-9-12-25-51(47)54(52)49-23-10-7-20-45(49)46-21-8-11-24-50(46)54)35-53(36)55(43-30-28-39(29-31-43)37-14-3-2-4-15-37)44-19-13-18-41(34-44)42-27-26-38-16-5-6-17-40(38)33-42/h2-31,33-36H,32H2,1H3. The molecule has 0 aliphatic heterocycles. The van der Waals surface area contributed by atoms with Gasteiger partial charge in [0.1, 0.15) is 0 Å². The summed E-state index contributed by atoms with van der Waals surface area (Å²) < 4.78 is 0. The van der Waals surface area contributed by atoms with E-state index < -0.39 is 0 Å². The summed E-state index contributed by atoms with van der Waals surface area (Å²) in [5.41, 5.74) is 19.4. The molecule has 1 atom stereocenters. The van der Waals surface area contributed by atoms with Crippen molar-refractivity contribution in [2.24, 2.45) is 5.92 Å². The molecule has 3 aliphatic rings. The zero-order chi connectivity index (χ0) is 36.5. The van der Waals surface area contributed by atoms with E-state index in [4.69, 9.17) is 0 Å². The Kier molecular flexibility index (Phi) is 7.19. The van der Waals surface area contributed by atoms with Gasteiger partial charge in [-0.15, -0.1) is 0 Å². The van der Waals surface area contributed by atoms with Crippen molar-refractivity contribution >= 4 is 27.7 Å². The van der Waals surface area contributed by atoms with Gasteiger partial charge in [-0.2, -0.15) is 0 Å². The van der Waals surface area contributed by atoms with E-state index in [1.54, 1.807) is 0 Å². The van der Waals surface area contributed by atoms with E-state index in [0.717, 1.165) is 17.8 Å². The lowest BCUT2D eigenvalue weighted by atomic mass is 9.67. The van der Waals surface area contributed by atoms with Gasteiger partial charge >= 0.3 is 0 Å². The van der Waals surface area contributed by atoms with Gasteiger partial charge in [-0.3, -0.25) is 0 Å². The van der Waals surface area contributed by atoms with E-state index in [1.807, 2.05) is 0 Å². The highest BCUT2D eigenvalue weighted by molar-refractivity contribution is 5.98. The Bertz CT molecular complexity index is 2810. The maximum atomic E-state index is 2.54. The Morgan fingerprint density at radius 2 is 0.982 bits per heavy atom.